The summed E-state index contributed by atoms with van der Waals surface area (Å²) in [5.74, 6) is -0.662. The first kappa shape index (κ1) is 12.4. The van der Waals surface area contributed by atoms with Crippen LogP contribution in [0.4, 0.5) is 5.69 Å². The zero-order valence-corrected chi connectivity index (χ0v) is 10.3. The number of hydrogen-bond acceptors (Lipinski definition) is 3. The van der Waals surface area contributed by atoms with Gasteiger partial charge in [0.2, 0.25) is 5.91 Å². The standard InChI is InChI=1S/C13H17N3O2/c1-8-4-2-5-9(11(8)14)13(18)16-7-3-6-10(16)12(15)17/h2,4-5,10H,3,6-7,14H2,1H3,(H2,15,17). The Morgan fingerprint density at radius 1 is 1.39 bits per heavy atom. The van der Waals surface area contributed by atoms with E-state index in [9.17, 15) is 9.59 Å². The Morgan fingerprint density at radius 2 is 2.11 bits per heavy atom. The molecule has 1 saturated heterocycles. The molecular weight excluding hydrogens is 230 g/mol. The molecule has 2 rings (SSSR count). The average molecular weight is 247 g/mol. The lowest BCUT2D eigenvalue weighted by Gasteiger charge is -2.23. The number of amides is 2. The van der Waals surface area contributed by atoms with Gasteiger partial charge in [0.25, 0.3) is 5.91 Å². The Bertz CT molecular complexity index is 499. The van der Waals surface area contributed by atoms with E-state index >= 15 is 0 Å². The molecule has 1 aromatic carbocycles. The summed E-state index contributed by atoms with van der Waals surface area (Å²) in [6.45, 7) is 2.40. The van der Waals surface area contributed by atoms with Gasteiger partial charge < -0.3 is 16.4 Å². The number of aryl methyl sites for hydroxylation is 1. The number of anilines is 1. The number of nitrogen functional groups attached to an aromatic ring is 1. The third kappa shape index (κ3) is 2.03. The first-order valence-corrected chi connectivity index (χ1v) is 5.97. The van der Waals surface area contributed by atoms with E-state index in [0.717, 1.165) is 12.0 Å². The molecule has 1 aromatic rings. The smallest absolute Gasteiger partial charge is 0.256 e. The molecule has 0 radical (unpaired) electrons. The minimum Gasteiger partial charge on any atom is -0.398 e. The lowest BCUT2D eigenvalue weighted by molar-refractivity contribution is -0.121. The van der Waals surface area contributed by atoms with E-state index in [2.05, 4.69) is 0 Å². The van der Waals surface area contributed by atoms with E-state index in [-0.39, 0.29) is 5.91 Å². The van der Waals surface area contributed by atoms with Gasteiger partial charge in [-0.2, -0.15) is 0 Å². The summed E-state index contributed by atoms with van der Waals surface area (Å²) in [6.07, 6.45) is 1.43. The zero-order valence-electron chi connectivity index (χ0n) is 10.3. The van der Waals surface area contributed by atoms with Gasteiger partial charge in [0, 0.05) is 12.2 Å². The van der Waals surface area contributed by atoms with Crippen LogP contribution in [0, 0.1) is 6.92 Å². The summed E-state index contributed by atoms with van der Waals surface area (Å²) in [4.78, 5) is 25.2. The molecule has 5 heteroatoms. The average Bonchev–Trinajstić information content (AvgIpc) is 2.81. The van der Waals surface area contributed by atoms with Crippen LogP contribution in [-0.2, 0) is 4.79 Å². The molecule has 18 heavy (non-hydrogen) atoms. The number of benzene rings is 1. The van der Waals surface area contributed by atoms with Crippen molar-refractivity contribution in [1.29, 1.82) is 0 Å². The maximum Gasteiger partial charge on any atom is 0.256 e. The van der Waals surface area contributed by atoms with Crippen molar-refractivity contribution in [3.63, 3.8) is 0 Å². The molecule has 0 spiro atoms. The highest BCUT2D eigenvalue weighted by Gasteiger charge is 2.33. The topological polar surface area (TPSA) is 89.4 Å². The first-order valence-electron chi connectivity index (χ1n) is 5.97. The number of hydrogen-bond donors (Lipinski definition) is 2. The molecule has 96 valence electrons. The Hall–Kier alpha value is -2.04. The SMILES string of the molecule is Cc1cccc(C(=O)N2CCCC2C(N)=O)c1N. The van der Waals surface area contributed by atoms with E-state index in [1.165, 1.54) is 4.90 Å². The first-order chi connectivity index (χ1) is 8.52. The molecule has 1 aliphatic heterocycles. The van der Waals surface area contributed by atoms with Gasteiger partial charge in [-0.25, -0.2) is 0 Å². The summed E-state index contributed by atoms with van der Waals surface area (Å²) in [6, 6.07) is 4.81. The van der Waals surface area contributed by atoms with Crippen LogP contribution in [0.15, 0.2) is 18.2 Å². The maximum atomic E-state index is 12.4. The van der Waals surface area contributed by atoms with Gasteiger partial charge in [0.15, 0.2) is 0 Å². The van der Waals surface area contributed by atoms with Crippen molar-refractivity contribution in [1.82, 2.24) is 4.90 Å². The lowest BCUT2D eigenvalue weighted by atomic mass is 10.1. The van der Waals surface area contributed by atoms with Crippen molar-refractivity contribution in [3.05, 3.63) is 29.3 Å². The largest absolute Gasteiger partial charge is 0.398 e. The fourth-order valence-electron chi connectivity index (χ4n) is 2.33. The number of carbonyl (C=O) groups is 2. The molecular formula is C13H17N3O2. The molecule has 2 amide bonds. The zero-order chi connectivity index (χ0) is 13.3. The monoisotopic (exact) mass is 247 g/mol. The quantitative estimate of drug-likeness (QED) is 0.752. The summed E-state index contributed by atoms with van der Waals surface area (Å²) in [5, 5.41) is 0. The van der Waals surface area contributed by atoms with Gasteiger partial charge in [-0.05, 0) is 31.4 Å². The van der Waals surface area contributed by atoms with Gasteiger partial charge in [-0.15, -0.1) is 0 Å². The van der Waals surface area contributed by atoms with Crippen LogP contribution in [0.25, 0.3) is 0 Å². The van der Waals surface area contributed by atoms with Crippen molar-refractivity contribution >= 4 is 17.5 Å². The predicted octanol–water partition coefficient (Wildman–Crippen LogP) is 0.667. The molecule has 0 aliphatic carbocycles. The molecule has 1 aliphatic rings. The van der Waals surface area contributed by atoms with Crippen LogP contribution in [0.1, 0.15) is 28.8 Å². The van der Waals surface area contributed by atoms with Crippen LogP contribution in [0.3, 0.4) is 0 Å². The normalized spacial score (nSPS) is 18.9. The Morgan fingerprint density at radius 3 is 2.78 bits per heavy atom. The van der Waals surface area contributed by atoms with Crippen molar-refractivity contribution in [2.75, 3.05) is 12.3 Å². The molecule has 1 heterocycles. The summed E-state index contributed by atoms with van der Waals surface area (Å²) in [7, 11) is 0. The molecule has 0 saturated carbocycles. The maximum absolute atomic E-state index is 12.4. The Balaban J connectivity index is 2.31. The Labute approximate surface area is 106 Å². The number of para-hydroxylation sites is 1. The third-order valence-electron chi connectivity index (χ3n) is 3.40. The highest BCUT2D eigenvalue weighted by molar-refractivity contribution is 6.02. The molecule has 1 fully saturated rings. The van der Waals surface area contributed by atoms with E-state index in [1.54, 1.807) is 12.1 Å². The predicted molar refractivity (Wildman–Crippen MR) is 68.8 cm³/mol. The van der Waals surface area contributed by atoms with Gasteiger partial charge in [0.1, 0.15) is 6.04 Å². The minimum absolute atomic E-state index is 0.211. The van der Waals surface area contributed by atoms with Crippen LogP contribution in [0.5, 0.6) is 0 Å². The summed E-state index contributed by atoms with van der Waals surface area (Å²) >= 11 is 0. The molecule has 4 N–H and O–H groups in total. The molecule has 0 aromatic heterocycles. The second-order valence-electron chi connectivity index (χ2n) is 4.60. The van der Waals surface area contributed by atoms with Crippen LogP contribution in [-0.4, -0.2) is 29.3 Å². The van der Waals surface area contributed by atoms with Gasteiger partial charge in [0.05, 0.1) is 5.56 Å². The second kappa shape index (κ2) is 4.68. The highest BCUT2D eigenvalue weighted by atomic mass is 16.2. The minimum atomic E-state index is -0.502. The van der Waals surface area contributed by atoms with Crippen LogP contribution in [0.2, 0.25) is 0 Å². The lowest BCUT2D eigenvalue weighted by Crippen LogP contribution is -2.43. The van der Waals surface area contributed by atoms with Gasteiger partial charge in [-0.1, -0.05) is 12.1 Å². The van der Waals surface area contributed by atoms with E-state index in [1.807, 2.05) is 13.0 Å². The Kier molecular flexibility index (Phi) is 3.23. The van der Waals surface area contributed by atoms with Gasteiger partial charge >= 0.3 is 0 Å². The van der Waals surface area contributed by atoms with Crippen molar-refractivity contribution in [2.24, 2.45) is 5.73 Å². The van der Waals surface area contributed by atoms with Crippen LogP contribution < -0.4 is 11.5 Å². The summed E-state index contributed by atoms with van der Waals surface area (Å²) in [5.41, 5.74) is 13.0. The van der Waals surface area contributed by atoms with Crippen molar-refractivity contribution < 1.29 is 9.59 Å². The number of carbonyl (C=O) groups excluding carboxylic acids is 2. The number of primary amides is 1. The van der Waals surface area contributed by atoms with Crippen molar-refractivity contribution in [3.8, 4) is 0 Å². The number of nitrogens with zero attached hydrogens (tertiary/aromatic N) is 1. The van der Waals surface area contributed by atoms with E-state index < -0.39 is 11.9 Å². The number of nitrogens with two attached hydrogens (primary N) is 2. The molecule has 1 atom stereocenters. The second-order valence-corrected chi connectivity index (χ2v) is 4.60. The van der Waals surface area contributed by atoms with E-state index in [4.69, 9.17) is 11.5 Å². The number of likely N-dealkylation sites (tertiary alicyclic amines) is 1. The molecule has 0 bridgehead atoms. The third-order valence-corrected chi connectivity index (χ3v) is 3.40. The van der Waals surface area contributed by atoms with Crippen molar-refractivity contribution in [2.45, 2.75) is 25.8 Å². The van der Waals surface area contributed by atoms with E-state index in [0.29, 0.717) is 24.2 Å². The van der Waals surface area contributed by atoms with Gasteiger partial charge in [-0.3, -0.25) is 9.59 Å². The fourth-order valence-corrected chi connectivity index (χ4v) is 2.33. The summed E-state index contributed by atoms with van der Waals surface area (Å²) < 4.78 is 0. The highest BCUT2D eigenvalue weighted by Crippen LogP contribution is 2.24. The fraction of sp³-hybridized carbons (Fsp3) is 0.385. The van der Waals surface area contributed by atoms with Crippen LogP contribution >= 0.6 is 0 Å². The molecule has 1 unspecified atom stereocenters. The number of rotatable bonds is 2. The molecule has 5 nitrogen and oxygen atoms in total.